The second-order valence-corrected chi connectivity index (χ2v) is 6.86. The maximum absolute atomic E-state index is 12.5. The minimum atomic E-state index is -0.332. The standard InChI is InChI=1S/C19H20N2O3/c1-2-11-3-7-14(8-4-11)20-15(22)10-21-18(23)16-12-5-6-13(9-12)17(16)19(21)24/h3-8,12-13,16-17H,2,9-10H2,1H3,(H,20,22)/t12-,13-,16-,17+/m0/s1. The molecular weight excluding hydrogens is 304 g/mol. The van der Waals surface area contributed by atoms with Crippen molar-refractivity contribution in [2.24, 2.45) is 23.7 Å². The molecule has 24 heavy (non-hydrogen) atoms. The van der Waals surface area contributed by atoms with E-state index in [1.165, 1.54) is 5.56 Å². The Bertz CT molecular complexity index is 707. The number of benzene rings is 1. The van der Waals surface area contributed by atoms with Crippen LogP contribution in [0, 0.1) is 23.7 Å². The molecule has 1 aromatic rings. The van der Waals surface area contributed by atoms with Crippen molar-refractivity contribution < 1.29 is 14.4 Å². The van der Waals surface area contributed by atoms with Crippen molar-refractivity contribution in [1.82, 2.24) is 4.90 Å². The zero-order valence-corrected chi connectivity index (χ0v) is 13.6. The molecule has 2 aliphatic carbocycles. The Morgan fingerprint density at radius 2 is 1.67 bits per heavy atom. The van der Waals surface area contributed by atoms with Crippen LogP contribution in [0.25, 0.3) is 0 Å². The fourth-order valence-electron chi connectivity index (χ4n) is 4.29. The summed E-state index contributed by atoms with van der Waals surface area (Å²) in [5.74, 6) is -0.844. The summed E-state index contributed by atoms with van der Waals surface area (Å²) in [4.78, 5) is 38.5. The number of nitrogens with zero attached hydrogens (tertiary/aromatic N) is 1. The molecule has 1 saturated heterocycles. The number of anilines is 1. The number of nitrogens with one attached hydrogen (secondary N) is 1. The summed E-state index contributed by atoms with van der Waals surface area (Å²) >= 11 is 0. The number of imide groups is 1. The van der Waals surface area contributed by atoms with Crippen LogP contribution in [0.1, 0.15) is 18.9 Å². The number of amides is 3. The molecule has 3 amide bonds. The molecule has 4 rings (SSSR count). The molecular formula is C19H20N2O3. The summed E-state index contributed by atoms with van der Waals surface area (Å²) in [5, 5.41) is 2.76. The summed E-state index contributed by atoms with van der Waals surface area (Å²) in [7, 11) is 0. The minimum Gasteiger partial charge on any atom is -0.325 e. The number of hydrogen-bond donors (Lipinski definition) is 1. The van der Waals surface area contributed by atoms with Gasteiger partial charge in [0.05, 0.1) is 11.8 Å². The normalized spacial score (nSPS) is 30.1. The molecule has 3 aliphatic rings. The van der Waals surface area contributed by atoms with Crippen LogP contribution in [0.5, 0.6) is 0 Å². The Hall–Kier alpha value is -2.43. The van der Waals surface area contributed by atoms with Gasteiger partial charge in [0.1, 0.15) is 6.54 Å². The van der Waals surface area contributed by atoms with Crippen LogP contribution >= 0.6 is 0 Å². The van der Waals surface area contributed by atoms with Gasteiger partial charge in [0.2, 0.25) is 17.7 Å². The molecule has 124 valence electrons. The van der Waals surface area contributed by atoms with Crippen LogP contribution in [-0.2, 0) is 20.8 Å². The molecule has 5 heteroatoms. The second-order valence-electron chi connectivity index (χ2n) is 6.86. The summed E-state index contributed by atoms with van der Waals surface area (Å²) in [5.41, 5.74) is 1.87. The van der Waals surface area contributed by atoms with E-state index in [-0.39, 0.29) is 47.9 Å². The zero-order chi connectivity index (χ0) is 16.8. The molecule has 0 radical (unpaired) electrons. The lowest BCUT2D eigenvalue weighted by Crippen LogP contribution is -2.39. The van der Waals surface area contributed by atoms with Crippen molar-refractivity contribution in [3.8, 4) is 0 Å². The monoisotopic (exact) mass is 324 g/mol. The summed E-state index contributed by atoms with van der Waals surface area (Å²) in [6, 6.07) is 7.58. The first-order valence-corrected chi connectivity index (χ1v) is 8.51. The second kappa shape index (κ2) is 5.58. The van der Waals surface area contributed by atoms with Gasteiger partial charge in [-0.1, -0.05) is 31.2 Å². The number of carbonyl (C=O) groups is 3. The smallest absolute Gasteiger partial charge is 0.244 e. The molecule has 0 unspecified atom stereocenters. The molecule has 1 aliphatic heterocycles. The molecule has 5 nitrogen and oxygen atoms in total. The highest BCUT2D eigenvalue weighted by molar-refractivity contribution is 6.09. The van der Waals surface area contributed by atoms with E-state index in [9.17, 15) is 14.4 Å². The van der Waals surface area contributed by atoms with Gasteiger partial charge >= 0.3 is 0 Å². The predicted octanol–water partition coefficient (Wildman–Crippen LogP) is 1.99. The van der Waals surface area contributed by atoms with Gasteiger partial charge in [-0.05, 0) is 42.4 Å². The third-order valence-corrected chi connectivity index (χ3v) is 5.51. The van der Waals surface area contributed by atoms with Gasteiger partial charge in [-0.15, -0.1) is 0 Å². The fourth-order valence-corrected chi connectivity index (χ4v) is 4.29. The maximum atomic E-state index is 12.5. The summed E-state index contributed by atoms with van der Waals surface area (Å²) in [6.45, 7) is 1.87. The van der Waals surface area contributed by atoms with Gasteiger partial charge in [-0.3, -0.25) is 19.3 Å². The van der Waals surface area contributed by atoms with Crippen molar-refractivity contribution in [3.05, 3.63) is 42.0 Å². The van der Waals surface area contributed by atoms with E-state index < -0.39 is 0 Å². The molecule has 1 saturated carbocycles. The molecule has 1 aromatic carbocycles. The molecule has 2 fully saturated rings. The lowest BCUT2D eigenvalue weighted by Gasteiger charge is -2.16. The number of hydrogen-bond acceptors (Lipinski definition) is 3. The minimum absolute atomic E-state index is 0.172. The Morgan fingerprint density at radius 3 is 2.21 bits per heavy atom. The number of rotatable bonds is 4. The van der Waals surface area contributed by atoms with Crippen molar-refractivity contribution >= 4 is 23.4 Å². The van der Waals surface area contributed by atoms with Crippen LogP contribution in [-0.4, -0.2) is 29.2 Å². The van der Waals surface area contributed by atoms with Crippen molar-refractivity contribution in [3.63, 3.8) is 0 Å². The summed E-state index contributed by atoms with van der Waals surface area (Å²) in [6.07, 6.45) is 5.94. The van der Waals surface area contributed by atoms with E-state index in [1.807, 2.05) is 24.3 Å². The lowest BCUT2D eigenvalue weighted by molar-refractivity contribution is -0.143. The maximum Gasteiger partial charge on any atom is 0.244 e. The zero-order valence-electron chi connectivity index (χ0n) is 13.6. The van der Waals surface area contributed by atoms with Gasteiger partial charge in [0, 0.05) is 5.69 Å². The van der Waals surface area contributed by atoms with Gasteiger partial charge in [0.25, 0.3) is 0 Å². The quantitative estimate of drug-likeness (QED) is 0.680. The highest BCUT2D eigenvalue weighted by atomic mass is 16.2. The number of carbonyl (C=O) groups excluding carboxylic acids is 3. The van der Waals surface area contributed by atoms with E-state index in [0.717, 1.165) is 17.7 Å². The Balaban J connectivity index is 1.43. The molecule has 0 aromatic heterocycles. The number of fused-ring (bicyclic) bond motifs is 5. The molecule has 1 N–H and O–H groups in total. The Kier molecular flexibility index (Phi) is 3.52. The van der Waals surface area contributed by atoms with Crippen molar-refractivity contribution in [2.75, 3.05) is 11.9 Å². The fraction of sp³-hybridized carbons (Fsp3) is 0.421. The van der Waals surface area contributed by atoms with Crippen LogP contribution in [0.3, 0.4) is 0 Å². The largest absolute Gasteiger partial charge is 0.325 e. The molecule has 1 heterocycles. The SMILES string of the molecule is CCc1ccc(NC(=O)CN2C(=O)[C@@H]3[C@H](C2=O)[C@H]2C=C[C@H]3C2)cc1. The van der Waals surface area contributed by atoms with Crippen LogP contribution in [0.2, 0.25) is 0 Å². The highest BCUT2D eigenvalue weighted by Gasteiger charge is 2.59. The molecule has 4 atom stereocenters. The third-order valence-electron chi connectivity index (χ3n) is 5.51. The van der Waals surface area contributed by atoms with E-state index in [0.29, 0.717) is 5.69 Å². The highest BCUT2D eigenvalue weighted by Crippen LogP contribution is 2.52. The first-order chi connectivity index (χ1) is 11.6. The number of likely N-dealkylation sites (tertiary alicyclic amines) is 1. The van der Waals surface area contributed by atoms with Crippen molar-refractivity contribution in [1.29, 1.82) is 0 Å². The van der Waals surface area contributed by atoms with E-state index >= 15 is 0 Å². The molecule has 2 bridgehead atoms. The Labute approximate surface area is 140 Å². The van der Waals surface area contributed by atoms with Crippen LogP contribution < -0.4 is 5.32 Å². The number of allylic oxidation sites excluding steroid dienone is 2. The van der Waals surface area contributed by atoms with Crippen LogP contribution in [0.15, 0.2) is 36.4 Å². The lowest BCUT2D eigenvalue weighted by atomic mass is 9.85. The first-order valence-electron chi connectivity index (χ1n) is 8.51. The van der Waals surface area contributed by atoms with Crippen LogP contribution in [0.4, 0.5) is 5.69 Å². The van der Waals surface area contributed by atoms with E-state index in [2.05, 4.69) is 24.4 Å². The summed E-state index contributed by atoms with van der Waals surface area (Å²) < 4.78 is 0. The Morgan fingerprint density at radius 1 is 1.08 bits per heavy atom. The van der Waals surface area contributed by atoms with Crippen molar-refractivity contribution in [2.45, 2.75) is 19.8 Å². The van der Waals surface area contributed by atoms with Gasteiger partial charge in [0.15, 0.2) is 0 Å². The van der Waals surface area contributed by atoms with E-state index in [4.69, 9.17) is 0 Å². The van der Waals surface area contributed by atoms with Gasteiger partial charge in [-0.25, -0.2) is 0 Å². The first kappa shape index (κ1) is 15.1. The van der Waals surface area contributed by atoms with Gasteiger partial charge in [-0.2, -0.15) is 0 Å². The predicted molar refractivity (Wildman–Crippen MR) is 88.9 cm³/mol. The number of aryl methyl sites for hydroxylation is 1. The average molecular weight is 324 g/mol. The molecule has 0 spiro atoms. The topological polar surface area (TPSA) is 66.5 Å². The third kappa shape index (κ3) is 2.27. The van der Waals surface area contributed by atoms with Gasteiger partial charge < -0.3 is 5.32 Å². The average Bonchev–Trinajstić information content (AvgIpc) is 3.25. The van der Waals surface area contributed by atoms with E-state index in [1.54, 1.807) is 0 Å².